The van der Waals surface area contributed by atoms with Crippen LogP contribution in [0.4, 0.5) is 10.1 Å². The maximum atomic E-state index is 12.8. The average molecular weight is 283 g/mol. The summed E-state index contributed by atoms with van der Waals surface area (Å²) in [6.45, 7) is 0. The quantitative estimate of drug-likeness (QED) is 0.529. The highest BCUT2D eigenvalue weighted by molar-refractivity contribution is 6.31. The zero-order valence-corrected chi connectivity index (χ0v) is 10.2. The average Bonchev–Trinajstić information content (AvgIpc) is 2.38. The van der Waals surface area contributed by atoms with Crippen LogP contribution in [-0.4, -0.2) is 14.9 Å². The highest BCUT2D eigenvalue weighted by atomic mass is 35.5. The molecule has 0 aliphatic carbocycles. The van der Waals surface area contributed by atoms with Crippen LogP contribution < -0.4 is 5.73 Å². The molecule has 0 fully saturated rings. The van der Waals surface area contributed by atoms with Crippen molar-refractivity contribution < 1.29 is 9.31 Å². The van der Waals surface area contributed by atoms with Crippen molar-refractivity contribution in [3.8, 4) is 0 Å². The van der Waals surface area contributed by atoms with Crippen LogP contribution in [0.15, 0.2) is 30.6 Å². The van der Waals surface area contributed by atoms with E-state index in [9.17, 15) is 14.5 Å². The summed E-state index contributed by atoms with van der Waals surface area (Å²) in [6.07, 6.45) is 1.09. The summed E-state index contributed by atoms with van der Waals surface area (Å²) in [7, 11) is 0. The van der Waals surface area contributed by atoms with Gasteiger partial charge < -0.3 is 5.73 Å². The van der Waals surface area contributed by atoms with Gasteiger partial charge in [-0.1, -0.05) is 23.7 Å². The smallest absolute Gasteiger partial charge is 0.319 e. The number of nitrogens with zero attached hydrogens (tertiary/aromatic N) is 3. The largest absolute Gasteiger partial charge is 0.329 e. The van der Waals surface area contributed by atoms with E-state index >= 15 is 0 Å². The highest BCUT2D eigenvalue weighted by Crippen LogP contribution is 2.30. The van der Waals surface area contributed by atoms with Crippen molar-refractivity contribution in [1.82, 2.24) is 9.97 Å². The lowest BCUT2D eigenvalue weighted by Gasteiger charge is -2.11. The van der Waals surface area contributed by atoms with Crippen molar-refractivity contribution in [1.29, 1.82) is 0 Å². The summed E-state index contributed by atoms with van der Waals surface area (Å²) in [5.41, 5.74) is 5.92. The molecule has 0 radical (unpaired) electrons. The number of benzene rings is 1. The van der Waals surface area contributed by atoms with Gasteiger partial charge in [0.2, 0.25) is 5.15 Å². The van der Waals surface area contributed by atoms with Gasteiger partial charge in [-0.15, -0.1) is 0 Å². The summed E-state index contributed by atoms with van der Waals surface area (Å²) in [6, 6.07) is 4.40. The van der Waals surface area contributed by atoms with E-state index in [0.29, 0.717) is 5.56 Å². The van der Waals surface area contributed by atoms with Crippen molar-refractivity contribution in [2.24, 2.45) is 5.73 Å². The fourth-order valence-electron chi connectivity index (χ4n) is 1.59. The Kier molecular flexibility index (Phi) is 3.68. The van der Waals surface area contributed by atoms with Gasteiger partial charge in [0.1, 0.15) is 17.8 Å². The minimum absolute atomic E-state index is 0.0170. The van der Waals surface area contributed by atoms with E-state index in [1.54, 1.807) is 0 Å². The maximum Gasteiger partial charge on any atom is 0.329 e. The van der Waals surface area contributed by atoms with E-state index < -0.39 is 22.5 Å². The Morgan fingerprint density at radius 2 is 1.95 bits per heavy atom. The monoisotopic (exact) mass is 282 g/mol. The van der Waals surface area contributed by atoms with Crippen molar-refractivity contribution >= 4 is 17.3 Å². The number of hydrogen-bond acceptors (Lipinski definition) is 5. The molecule has 19 heavy (non-hydrogen) atoms. The molecule has 0 saturated carbocycles. The Labute approximate surface area is 112 Å². The second kappa shape index (κ2) is 5.25. The first-order valence-electron chi connectivity index (χ1n) is 5.16. The molecule has 0 amide bonds. The topological polar surface area (TPSA) is 94.9 Å². The Morgan fingerprint density at radius 3 is 2.53 bits per heavy atom. The molecule has 1 aromatic heterocycles. The molecule has 1 heterocycles. The molecule has 8 heteroatoms. The molecular formula is C11H8ClFN4O2. The Morgan fingerprint density at radius 1 is 1.32 bits per heavy atom. The van der Waals surface area contributed by atoms with E-state index in [2.05, 4.69) is 9.97 Å². The molecule has 2 rings (SSSR count). The summed E-state index contributed by atoms with van der Waals surface area (Å²) in [5, 5.41) is 10.7. The van der Waals surface area contributed by atoms with Crippen LogP contribution in [0.2, 0.25) is 5.15 Å². The molecule has 1 atom stereocenters. The second-order valence-corrected chi connectivity index (χ2v) is 4.04. The van der Waals surface area contributed by atoms with Crippen molar-refractivity contribution in [3.05, 3.63) is 62.9 Å². The van der Waals surface area contributed by atoms with Gasteiger partial charge in [-0.3, -0.25) is 10.1 Å². The van der Waals surface area contributed by atoms with Gasteiger partial charge in [-0.25, -0.2) is 14.4 Å². The highest BCUT2D eigenvalue weighted by Gasteiger charge is 2.26. The summed E-state index contributed by atoms with van der Waals surface area (Å²) in [4.78, 5) is 17.6. The first-order valence-corrected chi connectivity index (χ1v) is 5.54. The predicted octanol–water partition coefficient (Wildman–Crippen LogP) is 2.23. The molecule has 1 unspecified atom stereocenters. The van der Waals surface area contributed by atoms with Gasteiger partial charge in [0.25, 0.3) is 0 Å². The van der Waals surface area contributed by atoms with Crippen LogP contribution in [0.5, 0.6) is 0 Å². The molecular weight excluding hydrogens is 275 g/mol. The molecule has 6 nitrogen and oxygen atoms in total. The zero-order valence-electron chi connectivity index (χ0n) is 9.46. The number of aromatic nitrogens is 2. The third-order valence-corrected chi connectivity index (χ3v) is 2.79. The number of nitrogens with two attached hydrogens (primary N) is 1. The summed E-state index contributed by atoms with van der Waals surface area (Å²) < 4.78 is 12.8. The lowest BCUT2D eigenvalue weighted by molar-refractivity contribution is -0.386. The van der Waals surface area contributed by atoms with Crippen molar-refractivity contribution in [2.75, 3.05) is 0 Å². The zero-order chi connectivity index (χ0) is 14.0. The van der Waals surface area contributed by atoms with Gasteiger partial charge in [-0.05, 0) is 17.7 Å². The molecule has 0 aliphatic rings. The minimum Gasteiger partial charge on any atom is -0.319 e. The number of hydrogen-bond donors (Lipinski definition) is 1. The van der Waals surface area contributed by atoms with Gasteiger partial charge in [-0.2, -0.15) is 0 Å². The second-order valence-electron chi connectivity index (χ2n) is 3.68. The van der Waals surface area contributed by atoms with E-state index in [4.69, 9.17) is 17.3 Å². The lowest BCUT2D eigenvalue weighted by Crippen LogP contribution is -2.16. The normalized spacial score (nSPS) is 12.2. The lowest BCUT2D eigenvalue weighted by atomic mass is 10.0. The van der Waals surface area contributed by atoms with Crippen molar-refractivity contribution in [2.45, 2.75) is 6.04 Å². The first kappa shape index (κ1) is 13.3. The van der Waals surface area contributed by atoms with Crippen molar-refractivity contribution in [3.63, 3.8) is 0 Å². The van der Waals surface area contributed by atoms with Gasteiger partial charge in [0, 0.05) is 0 Å². The van der Waals surface area contributed by atoms with E-state index in [1.807, 2.05) is 0 Å². The first-order chi connectivity index (χ1) is 9.00. The Balaban J connectivity index is 2.49. The third-order valence-electron chi connectivity index (χ3n) is 2.51. The molecule has 98 valence electrons. The molecule has 0 aliphatic heterocycles. The summed E-state index contributed by atoms with van der Waals surface area (Å²) in [5.74, 6) is -0.425. The molecule has 2 N–H and O–H groups in total. The van der Waals surface area contributed by atoms with Crippen LogP contribution in [0.25, 0.3) is 0 Å². The Hall–Kier alpha value is -2.12. The standard InChI is InChI=1S/C11H8ClFN4O2/c12-11-10(17(18)19)9(15-5-16-11)8(14)6-1-3-7(13)4-2-6/h1-5,8H,14H2. The number of rotatable bonds is 3. The van der Waals surface area contributed by atoms with E-state index in [0.717, 1.165) is 6.33 Å². The van der Waals surface area contributed by atoms with Crippen LogP contribution in [0.3, 0.4) is 0 Å². The van der Waals surface area contributed by atoms with E-state index in [1.165, 1.54) is 24.3 Å². The maximum absolute atomic E-state index is 12.8. The predicted molar refractivity (Wildman–Crippen MR) is 66.1 cm³/mol. The fourth-order valence-corrected chi connectivity index (χ4v) is 1.80. The fraction of sp³-hybridized carbons (Fsp3) is 0.0909. The van der Waals surface area contributed by atoms with Crippen LogP contribution in [-0.2, 0) is 0 Å². The molecule has 2 aromatic rings. The molecule has 1 aromatic carbocycles. The van der Waals surface area contributed by atoms with Crippen LogP contribution in [0.1, 0.15) is 17.3 Å². The number of nitro groups is 1. The van der Waals surface area contributed by atoms with Crippen LogP contribution >= 0.6 is 11.6 Å². The molecule has 0 bridgehead atoms. The van der Waals surface area contributed by atoms with Gasteiger partial charge in [0.05, 0.1) is 11.0 Å². The van der Waals surface area contributed by atoms with Gasteiger partial charge in [0.15, 0.2) is 0 Å². The SMILES string of the molecule is NC(c1ccc(F)cc1)c1ncnc(Cl)c1[N+](=O)[O-]. The summed E-state index contributed by atoms with van der Waals surface area (Å²) >= 11 is 5.67. The molecule has 0 spiro atoms. The third kappa shape index (κ3) is 2.67. The molecule has 0 saturated heterocycles. The minimum atomic E-state index is -0.888. The van der Waals surface area contributed by atoms with E-state index in [-0.39, 0.29) is 10.8 Å². The van der Waals surface area contributed by atoms with Gasteiger partial charge >= 0.3 is 5.69 Å². The Bertz CT molecular complexity index is 621. The van der Waals surface area contributed by atoms with Crippen LogP contribution in [0, 0.1) is 15.9 Å². The number of halogens is 2.